The molecule has 0 aliphatic heterocycles. The van der Waals surface area contributed by atoms with Gasteiger partial charge in [-0.2, -0.15) is 0 Å². The maximum absolute atomic E-state index is 14.1. The van der Waals surface area contributed by atoms with Gasteiger partial charge in [-0.15, -0.1) is 0 Å². The molecule has 21 heavy (non-hydrogen) atoms. The van der Waals surface area contributed by atoms with Crippen LogP contribution < -0.4 is 10.1 Å². The average molecular weight is 399 g/mol. The molecule has 0 spiro atoms. The summed E-state index contributed by atoms with van der Waals surface area (Å²) >= 11 is 2.20. The number of rotatable bonds is 6. The molecule has 2 rings (SSSR count). The topological polar surface area (TPSA) is 21.3 Å². The van der Waals surface area contributed by atoms with Crippen LogP contribution in [0.4, 0.5) is 4.39 Å². The molecule has 0 aliphatic carbocycles. The Kier molecular flexibility index (Phi) is 5.99. The Balaban J connectivity index is 2.02. The molecule has 2 nitrogen and oxygen atoms in total. The van der Waals surface area contributed by atoms with Gasteiger partial charge >= 0.3 is 0 Å². The highest BCUT2D eigenvalue weighted by Gasteiger charge is 2.06. The normalized spacial score (nSPS) is 10.9. The molecule has 0 aliphatic rings. The molecule has 1 N–H and O–H groups in total. The second-order valence-electron chi connectivity index (χ2n) is 5.35. The first-order valence-electron chi connectivity index (χ1n) is 6.97. The lowest BCUT2D eigenvalue weighted by Gasteiger charge is -2.10. The number of hydrogen-bond donors (Lipinski definition) is 1. The van der Waals surface area contributed by atoms with Crippen molar-refractivity contribution in [3.05, 3.63) is 57.4 Å². The number of ether oxygens (including phenoxy) is 1. The molecular formula is C17H19FINO. The highest BCUT2D eigenvalue weighted by atomic mass is 127. The molecule has 2 aromatic carbocycles. The van der Waals surface area contributed by atoms with Crippen LogP contribution in [0.25, 0.3) is 0 Å². The largest absolute Gasteiger partial charge is 0.454 e. The fourth-order valence-corrected chi connectivity index (χ4v) is 2.41. The van der Waals surface area contributed by atoms with Crippen molar-refractivity contribution >= 4 is 22.6 Å². The van der Waals surface area contributed by atoms with Crippen LogP contribution in [0.2, 0.25) is 0 Å². The lowest BCUT2D eigenvalue weighted by Crippen LogP contribution is -2.18. The van der Waals surface area contributed by atoms with Crippen LogP contribution in [0.1, 0.15) is 19.4 Å². The first-order valence-corrected chi connectivity index (χ1v) is 8.05. The van der Waals surface area contributed by atoms with E-state index in [9.17, 15) is 4.39 Å². The molecule has 4 heteroatoms. The van der Waals surface area contributed by atoms with E-state index in [0.29, 0.717) is 18.2 Å². The van der Waals surface area contributed by atoms with Gasteiger partial charge in [-0.05, 0) is 70.9 Å². The Bertz CT molecular complexity index is 601. The molecule has 0 aromatic heterocycles. The summed E-state index contributed by atoms with van der Waals surface area (Å²) in [6.45, 7) is 5.87. The van der Waals surface area contributed by atoms with Gasteiger partial charge < -0.3 is 10.1 Å². The molecule has 0 fully saturated rings. The van der Waals surface area contributed by atoms with E-state index in [1.165, 1.54) is 6.07 Å². The highest BCUT2D eigenvalue weighted by molar-refractivity contribution is 14.1. The Morgan fingerprint density at radius 1 is 1.19 bits per heavy atom. The van der Waals surface area contributed by atoms with Crippen LogP contribution in [0.3, 0.4) is 0 Å². The second-order valence-corrected chi connectivity index (χ2v) is 6.59. The summed E-state index contributed by atoms with van der Waals surface area (Å²) in [4.78, 5) is 0. The Morgan fingerprint density at radius 3 is 2.67 bits per heavy atom. The molecular weight excluding hydrogens is 380 g/mol. The number of halogens is 2. The summed E-state index contributed by atoms with van der Waals surface area (Å²) in [6.07, 6.45) is 0. The Morgan fingerprint density at radius 2 is 2.00 bits per heavy atom. The third kappa shape index (κ3) is 5.28. The predicted molar refractivity (Wildman–Crippen MR) is 92.2 cm³/mol. The monoisotopic (exact) mass is 399 g/mol. The molecule has 0 unspecified atom stereocenters. The predicted octanol–water partition coefficient (Wildman–Crippen LogP) is 4.97. The van der Waals surface area contributed by atoms with Crippen molar-refractivity contribution in [2.45, 2.75) is 20.4 Å². The maximum atomic E-state index is 14.1. The quantitative estimate of drug-likeness (QED) is 0.693. The standard InChI is InChI=1S/C17H19FINO/c1-12(2)10-20-11-13-6-7-17(16(18)8-13)21-15-5-3-4-14(19)9-15/h3-9,12,20H,10-11H2,1-2H3. The number of nitrogens with one attached hydrogen (secondary N) is 1. The van der Waals surface area contributed by atoms with E-state index < -0.39 is 0 Å². The minimum Gasteiger partial charge on any atom is -0.454 e. The SMILES string of the molecule is CC(C)CNCc1ccc(Oc2cccc(I)c2)c(F)c1. The highest BCUT2D eigenvalue weighted by Crippen LogP contribution is 2.26. The van der Waals surface area contributed by atoms with Gasteiger partial charge in [0.1, 0.15) is 5.75 Å². The minimum absolute atomic E-state index is 0.254. The van der Waals surface area contributed by atoms with Crippen LogP contribution in [0, 0.1) is 15.3 Å². The van der Waals surface area contributed by atoms with Crippen molar-refractivity contribution in [1.29, 1.82) is 0 Å². The van der Waals surface area contributed by atoms with E-state index >= 15 is 0 Å². The van der Waals surface area contributed by atoms with Crippen molar-refractivity contribution < 1.29 is 9.13 Å². The molecule has 0 bridgehead atoms. The van der Waals surface area contributed by atoms with Crippen molar-refractivity contribution in [2.75, 3.05) is 6.54 Å². The number of benzene rings is 2. The van der Waals surface area contributed by atoms with Crippen LogP contribution in [-0.4, -0.2) is 6.54 Å². The second kappa shape index (κ2) is 7.75. The van der Waals surface area contributed by atoms with Gasteiger partial charge in [-0.1, -0.05) is 26.0 Å². The van der Waals surface area contributed by atoms with Crippen LogP contribution in [0.5, 0.6) is 11.5 Å². The molecule has 2 aromatic rings. The van der Waals surface area contributed by atoms with E-state index in [-0.39, 0.29) is 11.6 Å². The van der Waals surface area contributed by atoms with Crippen molar-refractivity contribution in [2.24, 2.45) is 5.92 Å². The van der Waals surface area contributed by atoms with Gasteiger partial charge in [0.25, 0.3) is 0 Å². The summed E-state index contributed by atoms with van der Waals surface area (Å²) in [5.74, 6) is 1.15. The third-order valence-corrected chi connectivity index (χ3v) is 3.57. The fourth-order valence-electron chi connectivity index (χ4n) is 1.90. The van der Waals surface area contributed by atoms with Gasteiger partial charge in [0, 0.05) is 10.1 Å². The van der Waals surface area contributed by atoms with Crippen molar-refractivity contribution in [3.63, 3.8) is 0 Å². The fraction of sp³-hybridized carbons (Fsp3) is 0.294. The summed E-state index contributed by atoms with van der Waals surface area (Å²) < 4.78 is 20.7. The van der Waals surface area contributed by atoms with E-state index in [2.05, 4.69) is 41.8 Å². The van der Waals surface area contributed by atoms with E-state index in [1.54, 1.807) is 6.07 Å². The lowest BCUT2D eigenvalue weighted by molar-refractivity contribution is 0.441. The molecule has 0 amide bonds. The van der Waals surface area contributed by atoms with Gasteiger partial charge in [-0.25, -0.2) is 4.39 Å². The van der Waals surface area contributed by atoms with Crippen LogP contribution in [0.15, 0.2) is 42.5 Å². The Labute approximate surface area is 138 Å². The van der Waals surface area contributed by atoms with Crippen LogP contribution >= 0.6 is 22.6 Å². The molecule has 112 valence electrons. The first-order chi connectivity index (χ1) is 10.0. The van der Waals surface area contributed by atoms with Crippen molar-refractivity contribution in [3.8, 4) is 11.5 Å². The molecule has 0 saturated heterocycles. The van der Waals surface area contributed by atoms with E-state index in [0.717, 1.165) is 15.7 Å². The van der Waals surface area contributed by atoms with Gasteiger partial charge in [0.2, 0.25) is 0 Å². The smallest absolute Gasteiger partial charge is 0.166 e. The molecule has 0 radical (unpaired) electrons. The van der Waals surface area contributed by atoms with E-state index in [1.807, 2.05) is 30.3 Å². The van der Waals surface area contributed by atoms with E-state index in [4.69, 9.17) is 4.74 Å². The van der Waals surface area contributed by atoms with Gasteiger partial charge in [-0.3, -0.25) is 0 Å². The summed E-state index contributed by atoms with van der Waals surface area (Å²) in [5, 5.41) is 3.30. The van der Waals surface area contributed by atoms with Crippen molar-refractivity contribution in [1.82, 2.24) is 5.32 Å². The minimum atomic E-state index is -0.335. The maximum Gasteiger partial charge on any atom is 0.166 e. The molecule has 0 saturated carbocycles. The Hall–Kier alpha value is -1.14. The third-order valence-electron chi connectivity index (χ3n) is 2.90. The lowest BCUT2D eigenvalue weighted by atomic mass is 10.2. The summed E-state index contributed by atoms with van der Waals surface area (Å²) in [6, 6.07) is 12.6. The molecule has 0 heterocycles. The van der Waals surface area contributed by atoms with Gasteiger partial charge in [0.15, 0.2) is 11.6 Å². The van der Waals surface area contributed by atoms with Crippen LogP contribution in [-0.2, 0) is 6.54 Å². The first kappa shape index (κ1) is 16.2. The number of hydrogen-bond acceptors (Lipinski definition) is 2. The zero-order valence-corrected chi connectivity index (χ0v) is 14.4. The van der Waals surface area contributed by atoms with Gasteiger partial charge in [0.05, 0.1) is 0 Å². The average Bonchev–Trinajstić information content (AvgIpc) is 2.41. The summed E-state index contributed by atoms with van der Waals surface area (Å²) in [7, 11) is 0. The zero-order valence-electron chi connectivity index (χ0n) is 12.2. The summed E-state index contributed by atoms with van der Waals surface area (Å²) in [5.41, 5.74) is 0.920. The molecule has 0 atom stereocenters. The zero-order chi connectivity index (χ0) is 15.2.